The van der Waals surface area contributed by atoms with E-state index in [1.807, 2.05) is 38.1 Å². The molecule has 1 N–H and O–H groups in total. The molecule has 0 unspecified atom stereocenters. The zero-order valence-electron chi connectivity index (χ0n) is 11.7. The molecule has 3 rings (SSSR count). The molecule has 106 valence electrons. The van der Waals surface area contributed by atoms with Crippen molar-refractivity contribution in [1.29, 1.82) is 0 Å². The van der Waals surface area contributed by atoms with Crippen molar-refractivity contribution in [1.82, 2.24) is 5.32 Å². The molecule has 0 atom stereocenters. The summed E-state index contributed by atoms with van der Waals surface area (Å²) in [4.78, 5) is 26.5. The fourth-order valence-corrected chi connectivity index (χ4v) is 2.50. The van der Waals surface area contributed by atoms with Gasteiger partial charge in [0.2, 0.25) is 11.8 Å². The maximum absolute atomic E-state index is 12.7. The number of fused-ring (bicyclic) bond motifs is 1. The van der Waals surface area contributed by atoms with Crippen LogP contribution in [0.2, 0.25) is 0 Å². The number of anilines is 1. The van der Waals surface area contributed by atoms with Crippen molar-refractivity contribution in [2.45, 2.75) is 32.7 Å². The highest BCUT2D eigenvalue weighted by Gasteiger charge is 2.59. The van der Waals surface area contributed by atoms with E-state index in [0.717, 1.165) is 5.69 Å². The third-order valence-electron chi connectivity index (χ3n) is 3.76. The zero-order valence-corrected chi connectivity index (χ0v) is 11.7. The molecule has 1 saturated carbocycles. The molecule has 1 heterocycles. The van der Waals surface area contributed by atoms with Crippen LogP contribution in [0.4, 0.5) is 5.69 Å². The predicted octanol–water partition coefficient (Wildman–Crippen LogP) is 1.67. The van der Waals surface area contributed by atoms with Gasteiger partial charge in [-0.15, -0.1) is 0 Å². The van der Waals surface area contributed by atoms with Gasteiger partial charge in [-0.1, -0.05) is 12.1 Å². The molecule has 1 aromatic rings. The summed E-state index contributed by atoms with van der Waals surface area (Å²) in [5.74, 6) is 0.378. The second-order valence-corrected chi connectivity index (χ2v) is 5.68. The number of carbonyl (C=O) groups excluding carboxylic acids is 2. The summed E-state index contributed by atoms with van der Waals surface area (Å²) in [7, 11) is 0. The number of hydrogen-bond acceptors (Lipinski definition) is 3. The largest absolute Gasteiger partial charge is 0.470 e. The van der Waals surface area contributed by atoms with Gasteiger partial charge in [-0.3, -0.25) is 14.5 Å². The van der Waals surface area contributed by atoms with Gasteiger partial charge < -0.3 is 10.1 Å². The van der Waals surface area contributed by atoms with Crippen molar-refractivity contribution >= 4 is 17.5 Å². The summed E-state index contributed by atoms with van der Waals surface area (Å²) in [5.41, 5.74) is -0.133. The Balaban J connectivity index is 1.82. The minimum atomic E-state index is -0.884. The highest BCUT2D eigenvalue weighted by atomic mass is 16.5. The molecule has 2 amide bonds. The molecule has 5 nitrogen and oxygen atoms in total. The molecule has 0 radical (unpaired) electrons. The Labute approximate surface area is 117 Å². The van der Waals surface area contributed by atoms with Crippen LogP contribution in [0.25, 0.3) is 0 Å². The first-order chi connectivity index (χ1) is 9.54. The van der Waals surface area contributed by atoms with E-state index in [9.17, 15) is 9.59 Å². The minimum Gasteiger partial charge on any atom is -0.470 e. The first-order valence-electron chi connectivity index (χ1n) is 6.89. The number of para-hydroxylation sites is 2. The molecule has 20 heavy (non-hydrogen) atoms. The average molecular weight is 274 g/mol. The summed E-state index contributed by atoms with van der Waals surface area (Å²) in [5, 5.41) is 2.85. The number of carbonyl (C=O) groups is 2. The number of nitrogens with one attached hydrogen (secondary N) is 1. The van der Waals surface area contributed by atoms with Crippen LogP contribution in [0.15, 0.2) is 24.3 Å². The van der Waals surface area contributed by atoms with Crippen LogP contribution in [0.1, 0.15) is 26.7 Å². The molecule has 0 bridgehead atoms. The zero-order chi connectivity index (χ0) is 14.3. The summed E-state index contributed by atoms with van der Waals surface area (Å²) < 4.78 is 5.49. The van der Waals surface area contributed by atoms with Crippen molar-refractivity contribution in [3.05, 3.63) is 24.3 Å². The van der Waals surface area contributed by atoms with Gasteiger partial charge in [0.05, 0.1) is 5.69 Å². The van der Waals surface area contributed by atoms with Crippen LogP contribution in [-0.4, -0.2) is 24.6 Å². The molecule has 2 aliphatic rings. The van der Waals surface area contributed by atoms with Crippen molar-refractivity contribution in [2.24, 2.45) is 5.41 Å². The van der Waals surface area contributed by atoms with Gasteiger partial charge in [-0.05, 0) is 38.8 Å². The maximum atomic E-state index is 12.7. The van der Waals surface area contributed by atoms with Crippen molar-refractivity contribution < 1.29 is 14.3 Å². The molecular weight excluding hydrogens is 256 g/mol. The first kappa shape index (κ1) is 13.0. The van der Waals surface area contributed by atoms with Crippen LogP contribution in [0.5, 0.6) is 5.75 Å². The lowest BCUT2D eigenvalue weighted by Crippen LogP contribution is -2.46. The average Bonchev–Trinajstić information content (AvgIpc) is 3.12. The second-order valence-electron chi connectivity index (χ2n) is 5.68. The molecule has 1 fully saturated rings. The summed E-state index contributed by atoms with van der Waals surface area (Å²) in [6.07, 6.45) is 1.23. The smallest absolute Gasteiger partial charge is 0.245 e. The summed E-state index contributed by atoms with van der Waals surface area (Å²) in [6, 6.07) is 7.44. The van der Waals surface area contributed by atoms with Gasteiger partial charge in [0.25, 0.3) is 0 Å². The Hall–Kier alpha value is -2.04. The fourth-order valence-electron chi connectivity index (χ4n) is 2.50. The van der Waals surface area contributed by atoms with Crippen LogP contribution in [0.3, 0.4) is 0 Å². The van der Waals surface area contributed by atoms with E-state index in [1.165, 1.54) is 0 Å². The second kappa shape index (κ2) is 4.51. The first-order valence-corrected chi connectivity index (χ1v) is 6.89. The number of nitrogens with zero attached hydrogens (tertiary/aromatic N) is 1. The normalized spacial score (nSPS) is 18.4. The Morgan fingerprint density at radius 1 is 1.30 bits per heavy atom. The van der Waals surface area contributed by atoms with Crippen LogP contribution < -0.4 is 15.0 Å². The van der Waals surface area contributed by atoms with Gasteiger partial charge in [0.15, 0.2) is 6.73 Å². The molecule has 1 aliphatic heterocycles. The number of ether oxygens (including phenoxy) is 1. The molecule has 0 saturated heterocycles. The minimum absolute atomic E-state index is 0.0369. The van der Waals surface area contributed by atoms with E-state index >= 15 is 0 Å². The van der Waals surface area contributed by atoms with E-state index in [1.54, 1.807) is 4.90 Å². The number of rotatable bonds is 3. The lowest BCUT2D eigenvalue weighted by Gasteiger charge is -2.22. The molecular formula is C15H18N2O3. The number of hydrogen-bond donors (Lipinski definition) is 1. The lowest BCUT2D eigenvalue weighted by atomic mass is 10.0. The van der Waals surface area contributed by atoms with E-state index in [-0.39, 0.29) is 24.6 Å². The van der Waals surface area contributed by atoms with Gasteiger partial charge in [0, 0.05) is 6.04 Å². The summed E-state index contributed by atoms with van der Waals surface area (Å²) >= 11 is 0. The molecule has 5 heteroatoms. The molecule has 1 aliphatic carbocycles. The fraction of sp³-hybridized carbons (Fsp3) is 0.467. The van der Waals surface area contributed by atoms with Crippen molar-refractivity contribution in [2.75, 3.05) is 11.6 Å². The SMILES string of the molecule is CC(C)NC(=O)C1(C(=O)N2COc3ccccc32)CC1. The Bertz CT molecular complexity index is 564. The third-order valence-corrected chi connectivity index (χ3v) is 3.76. The van der Waals surface area contributed by atoms with Gasteiger partial charge in [-0.25, -0.2) is 0 Å². The Kier molecular flexibility index (Phi) is 2.92. The van der Waals surface area contributed by atoms with Gasteiger partial charge in [-0.2, -0.15) is 0 Å². The predicted molar refractivity (Wildman–Crippen MR) is 74.4 cm³/mol. The van der Waals surface area contributed by atoms with Crippen LogP contribution >= 0.6 is 0 Å². The quantitative estimate of drug-likeness (QED) is 0.853. The van der Waals surface area contributed by atoms with Crippen molar-refractivity contribution in [3.63, 3.8) is 0 Å². The highest BCUT2D eigenvalue weighted by Crippen LogP contribution is 2.49. The Morgan fingerprint density at radius 2 is 2.00 bits per heavy atom. The third kappa shape index (κ3) is 1.94. The van der Waals surface area contributed by atoms with Gasteiger partial charge in [0.1, 0.15) is 11.2 Å². The summed E-state index contributed by atoms with van der Waals surface area (Å²) in [6.45, 7) is 3.98. The monoisotopic (exact) mass is 274 g/mol. The molecule has 0 aromatic heterocycles. The van der Waals surface area contributed by atoms with Crippen molar-refractivity contribution in [3.8, 4) is 5.75 Å². The van der Waals surface area contributed by atoms with E-state index in [2.05, 4.69) is 5.32 Å². The number of benzene rings is 1. The molecule has 1 aromatic carbocycles. The topological polar surface area (TPSA) is 58.6 Å². The number of amides is 2. The van der Waals surface area contributed by atoms with E-state index in [0.29, 0.717) is 18.6 Å². The van der Waals surface area contributed by atoms with Crippen LogP contribution in [0, 0.1) is 5.41 Å². The molecule has 0 spiro atoms. The van der Waals surface area contributed by atoms with Crippen LogP contribution in [-0.2, 0) is 9.59 Å². The lowest BCUT2D eigenvalue weighted by molar-refractivity contribution is -0.136. The van der Waals surface area contributed by atoms with E-state index in [4.69, 9.17) is 4.74 Å². The standard InChI is InChI=1S/C15H18N2O3/c1-10(2)16-13(18)15(7-8-15)14(19)17-9-20-12-6-4-3-5-11(12)17/h3-6,10H,7-9H2,1-2H3,(H,16,18). The highest BCUT2D eigenvalue weighted by molar-refractivity contribution is 6.14. The van der Waals surface area contributed by atoms with Gasteiger partial charge >= 0.3 is 0 Å². The van der Waals surface area contributed by atoms with E-state index < -0.39 is 5.41 Å². The Morgan fingerprint density at radius 3 is 2.65 bits per heavy atom. The maximum Gasteiger partial charge on any atom is 0.245 e.